The third kappa shape index (κ3) is 2.08. The van der Waals surface area contributed by atoms with E-state index >= 15 is 0 Å². The Balaban J connectivity index is 0.000000371. The zero-order chi connectivity index (χ0) is 8.15. The summed E-state index contributed by atoms with van der Waals surface area (Å²) in [5.41, 5.74) is 4.50. The van der Waals surface area contributed by atoms with Crippen molar-refractivity contribution < 1.29 is 0 Å². The first kappa shape index (κ1) is 9.59. The third-order valence-electron chi connectivity index (χ3n) is 1.75. The molecule has 1 rings (SSSR count). The molecule has 1 heterocycles. The smallest absolute Gasteiger partial charge is 0.0990 e. The van der Waals surface area contributed by atoms with Gasteiger partial charge in [-0.15, -0.1) is 0 Å². The maximum Gasteiger partial charge on any atom is 0.0990 e. The first-order valence-corrected chi connectivity index (χ1v) is 3.55. The minimum Gasteiger partial charge on any atom is -0.333 e. The van der Waals surface area contributed by atoms with Gasteiger partial charge in [-0.1, -0.05) is 0 Å². The molecule has 0 saturated carbocycles. The fraction of sp³-hybridized carbons (Fsp3) is 0.857. The van der Waals surface area contributed by atoms with E-state index in [1.807, 2.05) is 6.21 Å². The lowest BCUT2D eigenvalue weighted by Gasteiger charge is -2.17. The Morgan fingerprint density at radius 1 is 1.40 bits per heavy atom. The minimum atomic E-state index is 0.394. The molecule has 0 saturated heterocycles. The molecule has 1 aliphatic heterocycles. The summed E-state index contributed by atoms with van der Waals surface area (Å²) in [4.78, 5) is 6.42. The highest BCUT2D eigenvalue weighted by atomic mass is 15.3. The Labute approximate surface area is 62.9 Å². The van der Waals surface area contributed by atoms with E-state index in [1.165, 1.54) is 7.05 Å². The number of nitrogens with zero attached hydrogens (tertiary/aromatic N) is 2. The Morgan fingerprint density at radius 2 is 1.90 bits per heavy atom. The molecule has 0 spiro atoms. The standard InChI is InChI=1S/C6H12N2.CH5N/c1-5-4-7-6(2)8(5)3;1-2/h4-6H,1-3H3;2H2,1H3. The molecular formula is C7H17N3. The molecule has 0 radical (unpaired) electrons. The summed E-state index contributed by atoms with van der Waals surface area (Å²) >= 11 is 0. The van der Waals surface area contributed by atoms with Crippen LogP contribution in [0.25, 0.3) is 0 Å². The van der Waals surface area contributed by atoms with Crippen molar-refractivity contribution >= 4 is 6.21 Å². The summed E-state index contributed by atoms with van der Waals surface area (Å²) in [6.45, 7) is 4.24. The van der Waals surface area contributed by atoms with Gasteiger partial charge in [0, 0.05) is 12.3 Å². The molecular weight excluding hydrogens is 126 g/mol. The molecule has 2 unspecified atom stereocenters. The van der Waals surface area contributed by atoms with E-state index in [9.17, 15) is 0 Å². The lowest BCUT2D eigenvalue weighted by molar-refractivity contribution is 0.273. The normalized spacial score (nSPS) is 31.7. The molecule has 60 valence electrons. The van der Waals surface area contributed by atoms with E-state index in [4.69, 9.17) is 0 Å². The van der Waals surface area contributed by atoms with Crippen LogP contribution in [0.3, 0.4) is 0 Å². The third-order valence-corrected chi connectivity index (χ3v) is 1.75. The fourth-order valence-electron chi connectivity index (χ4n) is 0.800. The Kier molecular flexibility index (Phi) is 4.23. The molecule has 2 atom stereocenters. The van der Waals surface area contributed by atoms with Gasteiger partial charge in [0.2, 0.25) is 0 Å². The second-order valence-corrected chi connectivity index (χ2v) is 2.34. The molecule has 0 bridgehead atoms. The van der Waals surface area contributed by atoms with Crippen LogP contribution < -0.4 is 5.73 Å². The second kappa shape index (κ2) is 4.41. The van der Waals surface area contributed by atoms with Crippen LogP contribution in [0.2, 0.25) is 0 Å². The van der Waals surface area contributed by atoms with Crippen LogP contribution in [-0.4, -0.2) is 37.4 Å². The van der Waals surface area contributed by atoms with Crippen molar-refractivity contribution in [2.24, 2.45) is 10.7 Å². The van der Waals surface area contributed by atoms with Gasteiger partial charge in [-0.25, -0.2) is 0 Å². The van der Waals surface area contributed by atoms with E-state index < -0.39 is 0 Å². The summed E-state index contributed by atoms with van der Waals surface area (Å²) in [5, 5.41) is 0. The zero-order valence-corrected chi connectivity index (χ0v) is 7.20. The average molecular weight is 143 g/mol. The van der Waals surface area contributed by atoms with Gasteiger partial charge in [0.25, 0.3) is 0 Å². The largest absolute Gasteiger partial charge is 0.333 e. The van der Waals surface area contributed by atoms with Gasteiger partial charge in [-0.05, 0) is 27.9 Å². The van der Waals surface area contributed by atoms with Gasteiger partial charge in [0.05, 0.1) is 6.17 Å². The van der Waals surface area contributed by atoms with Crippen LogP contribution in [-0.2, 0) is 0 Å². The van der Waals surface area contributed by atoms with Crippen molar-refractivity contribution in [3.63, 3.8) is 0 Å². The van der Waals surface area contributed by atoms with Crippen molar-refractivity contribution in [2.45, 2.75) is 26.1 Å². The summed E-state index contributed by atoms with van der Waals surface area (Å²) in [6.07, 6.45) is 2.38. The number of nitrogens with two attached hydrogens (primary N) is 1. The predicted octanol–water partition coefficient (Wildman–Crippen LogP) is 0.312. The first-order valence-electron chi connectivity index (χ1n) is 3.55. The number of hydrogen-bond donors (Lipinski definition) is 1. The summed E-state index contributed by atoms with van der Waals surface area (Å²) in [7, 11) is 3.59. The quantitative estimate of drug-likeness (QED) is 0.530. The van der Waals surface area contributed by atoms with E-state index in [0.717, 1.165) is 0 Å². The molecule has 0 aromatic carbocycles. The fourth-order valence-corrected chi connectivity index (χ4v) is 0.800. The average Bonchev–Trinajstić information content (AvgIpc) is 2.25. The molecule has 2 N–H and O–H groups in total. The molecule has 0 aliphatic carbocycles. The molecule has 0 aromatic heterocycles. The molecule has 0 aromatic rings. The second-order valence-electron chi connectivity index (χ2n) is 2.34. The molecule has 3 heteroatoms. The van der Waals surface area contributed by atoms with Crippen LogP contribution in [0.1, 0.15) is 13.8 Å². The van der Waals surface area contributed by atoms with Crippen molar-refractivity contribution in [3.8, 4) is 0 Å². The van der Waals surface area contributed by atoms with Crippen molar-refractivity contribution in [1.29, 1.82) is 0 Å². The summed E-state index contributed by atoms with van der Waals surface area (Å²) in [6, 6.07) is 0.532. The zero-order valence-electron chi connectivity index (χ0n) is 7.20. The molecule has 0 fully saturated rings. The van der Waals surface area contributed by atoms with Gasteiger partial charge in [-0.2, -0.15) is 0 Å². The van der Waals surface area contributed by atoms with Gasteiger partial charge in [0.1, 0.15) is 0 Å². The van der Waals surface area contributed by atoms with E-state index in [0.29, 0.717) is 12.2 Å². The monoisotopic (exact) mass is 143 g/mol. The van der Waals surface area contributed by atoms with E-state index in [1.54, 1.807) is 0 Å². The van der Waals surface area contributed by atoms with Crippen LogP contribution in [0, 0.1) is 0 Å². The van der Waals surface area contributed by atoms with Gasteiger partial charge < -0.3 is 5.73 Å². The summed E-state index contributed by atoms with van der Waals surface area (Å²) < 4.78 is 0. The van der Waals surface area contributed by atoms with Gasteiger partial charge >= 0.3 is 0 Å². The van der Waals surface area contributed by atoms with Crippen LogP contribution in [0.4, 0.5) is 0 Å². The SMILES string of the molecule is CC1C=NC(C)N1C.CN. The maximum absolute atomic E-state index is 4.50. The highest BCUT2D eigenvalue weighted by Crippen LogP contribution is 2.07. The number of hydrogen-bond acceptors (Lipinski definition) is 3. The van der Waals surface area contributed by atoms with Crippen LogP contribution >= 0.6 is 0 Å². The maximum atomic E-state index is 4.50. The molecule has 10 heavy (non-hydrogen) atoms. The highest BCUT2D eigenvalue weighted by Gasteiger charge is 2.17. The summed E-state index contributed by atoms with van der Waals surface area (Å²) in [5.74, 6) is 0. The number of rotatable bonds is 0. The van der Waals surface area contributed by atoms with Gasteiger partial charge in [0.15, 0.2) is 0 Å². The van der Waals surface area contributed by atoms with Crippen molar-refractivity contribution in [2.75, 3.05) is 14.1 Å². The Bertz CT molecular complexity index is 99.4. The Morgan fingerprint density at radius 3 is 2.00 bits per heavy atom. The first-order chi connectivity index (χ1) is 4.72. The van der Waals surface area contributed by atoms with E-state index in [-0.39, 0.29) is 0 Å². The van der Waals surface area contributed by atoms with Crippen LogP contribution in [0.5, 0.6) is 0 Å². The van der Waals surface area contributed by atoms with Crippen molar-refractivity contribution in [3.05, 3.63) is 0 Å². The molecule has 1 aliphatic rings. The van der Waals surface area contributed by atoms with E-state index in [2.05, 4.69) is 36.5 Å². The van der Waals surface area contributed by atoms with Crippen molar-refractivity contribution in [1.82, 2.24) is 4.90 Å². The predicted molar refractivity (Wildman–Crippen MR) is 45.3 cm³/mol. The lowest BCUT2D eigenvalue weighted by Crippen LogP contribution is -2.29. The number of aliphatic imine (C=N–C) groups is 1. The van der Waals surface area contributed by atoms with Gasteiger partial charge in [-0.3, -0.25) is 9.89 Å². The highest BCUT2D eigenvalue weighted by molar-refractivity contribution is 5.66. The minimum absolute atomic E-state index is 0.394. The van der Waals surface area contributed by atoms with Crippen LogP contribution in [0.15, 0.2) is 4.99 Å². The lowest BCUT2D eigenvalue weighted by atomic mass is 10.3. The topological polar surface area (TPSA) is 41.6 Å². The molecule has 0 amide bonds. The molecule has 3 nitrogen and oxygen atoms in total. The Hall–Kier alpha value is -0.410.